The fourth-order valence-electron chi connectivity index (χ4n) is 1.86. The molecule has 0 aliphatic carbocycles. The van der Waals surface area contributed by atoms with Gasteiger partial charge in [0.25, 0.3) is 0 Å². The van der Waals surface area contributed by atoms with Gasteiger partial charge in [0.1, 0.15) is 5.82 Å². The third-order valence-electron chi connectivity index (χ3n) is 2.63. The van der Waals surface area contributed by atoms with Crippen LogP contribution in [0.1, 0.15) is 28.5 Å². The molecule has 3 N–H and O–H groups in total. The number of aromatic nitrogens is 3. The Morgan fingerprint density at radius 2 is 2.05 bits per heavy atom. The summed E-state index contributed by atoms with van der Waals surface area (Å²) in [6, 6.07) is 1.82. The number of ether oxygens (including phenoxy) is 1. The zero-order valence-electron chi connectivity index (χ0n) is 11.4. The minimum absolute atomic E-state index is 0.102. The highest BCUT2D eigenvalue weighted by Crippen LogP contribution is 2.27. The van der Waals surface area contributed by atoms with Gasteiger partial charge in [0.05, 0.1) is 23.9 Å². The maximum Gasteiger partial charge on any atom is 0.225 e. The van der Waals surface area contributed by atoms with E-state index in [-0.39, 0.29) is 12.0 Å². The first-order chi connectivity index (χ1) is 8.99. The van der Waals surface area contributed by atoms with Crippen molar-refractivity contribution in [3.63, 3.8) is 0 Å². The van der Waals surface area contributed by atoms with Crippen molar-refractivity contribution in [2.45, 2.75) is 26.8 Å². The van der Waals surface area contributed by atoms with Gasteiger partial charge in [-0.25, -0.2) is 4.98 Å². The average Bonchev–Trinajstić information content (AvgIpc) is 2.67. The van der Waals surface area contributed by atoms with Crippen LogP contribution in [0, 0.1) is 13.8 Å². The van der Waals surface area contributed by atoms with E-state index in [4.69, 9.17) is 10.5 Å². The van der Waals surface area contributed by atoms with Gasteiger partial charge in [-0.2, -0.15) is 9.97 Å². The quantitative estimate of drug-likeness (QED) is 0.893. The molecule has 0 amide bonds. The monoisotopic (exact) mass is 279 g/mol. The molecule has 1 atom stereocenters. The number of aryl methyl sites for hydroxylation is 2. The second-order valence-corrected chi connectivity index (χ2v) is 5.44. The lowest BCUT2D eigenvalue weighted by molar-refractivity contribution is 0.398. The Labute approximate surface area is 116 Å². The van der Waals surface area contributed by atoms with Gasteiger partial charge in [-0.15, -0.1) is 11.3 Å². The van der Waals surface area contributed by atoms with Crippen molar-refractivity contribution >= 4 is 23.1 Å². The number of thiazole rings is 1. The molecule has 0 saturated heterocycles. The van der Waals surface area contributed by atoms with Crippen molar-refractivity contribution in [2.24, 2.45) is 0 Å². The lowest BCUT2D eigenvalue weighted by Gasteiger charge is -2.14. The Bertz CT molecular complexity index is 583. The smallest absolute Gasteiger partial charge is 0.225 e. The molecule has 0 radical (unpaired) electrons. The second-order valence-electron chi connectivity index (χ2n) is 4.20. The SMILES string of the molecule is COc1cc(NC(C)c2sc(C)nc2C)nc(N)n1. The Hall–Kier alpha value is -1.89. The second kappa shape index (κ2) is 5.40. The normalized spacial score (nSPS) is 12.2. The van der Waals surface area contributed by atoms with E-state index in [1.807, 2.05) is 13.8 Å². The number of nitrogen functional groups attached to an aromatic ring is 1. The van der Waals surface area contributed by atoms with Crippen LogP contribution in [-0.4, -0.2) is 22.1 Å². The minimum Gasteiger partial charge on any atom is -0.481 e. The van der Waals surface area contributed by atoms with Gasteiger partial charge in [-0.05, 0) is 20.8 Å². The summed E-state index contributed by atoms with van der Waals surface area (Å²) < 4.78 is 5.07. The molecule has 2 rings (SSSR count). The van der Waals surface area contributed by atoms with Crippen LogP contribution in [-0.2, 0) is 0 Å². The number of hydrogen-bond donors (Lipinski definition) is 2. The van der Waals surface area contributed by atoms with Gasteiger partial charge in [-0.3, -0.25) is 0 Å². The summed E-state index contributed by atoms with van der Waals surface area (Å²) in [6.45, 7) is 6.07. The molecule has 7 heteroatoms. The number of methoxy groups -OCH3 is 1. The van der Waals surface area contributed by atoms with E-state index in [2.05, 4.69) is 27.2 Å². The molecule has 0 aliphatic heterocycles. The van der Waals surface area contributed by atoms with Gasteiger partial charge < -0.3 is 15.8 Å². The van der Waals surface area contributed by atoms with Gasteiger partial charge in [0.15, 0.2) is 0 Å². The van der Waals surface area contributed by atoms with E-state index < -0.39 is 0 Å². The lowest BCUT2D eigenvalue weighted by atomic mass is 10.2. The van der Waals surface area contributed by atoms with E-state index in [1.54, 1.807) is 24.5 Å². The van der Waals surface area contributed by atoms with Crippen LogP contribution in [0.3, 0.4) is 0 Å². The Balaban J connectivity index is 2.21. The highest BCUT2D eigenvalue weighted by atomic mass is 32.1. The molecule has 0 bridgehead atoms. The maximum absolute atomic E-state index is 5.63. The predicted molar refractivity (Wildman–Crippen MR) is 76.6 cm³/mol. The van der Waals surface area contributed by atoms with Crippen LogP contribution in [0.25, 0.3) is 0 Å². The third-order valence-corrected chi connectivity index (χ3v) is 3.88. The molecule has 2 heterocycles. The molecule has 0 aromatic carbocycles. The number of nitrogens with two attached hydrogens (primary N) is 1. The summed E-state index contributed by atoms with van der Waals surface area (Å²) in [5.41, 5.74) is 6.67. The van der Waals surface area contributed by atoms with Crippen molar-refractivity contribution in [3.05, 3.63) is 21.6 Å². The molecule has 1 unspecified atom stereocenters. The summed E-state index contributed by atoms with van der Waals surface area (Å²) in [5, 5.41) is 4.34. The predicted octanol–water partition coefficient (Wildman–Crippen LogP) is 2.31. The van der Waals surface area contributed by atoms with E-state index >= 15 is 0 Å². The third kappa shape index (κ3) is 3.11. The lowest BCUT2D eigenvalue weighted by Crippen LogP contribution is -2.09. The van der Waals surface area contributed by atoms with Crippen molar-refractivity contribution < 1.29 is 4.74 Å². The van der Waals surface area contributed by atoms with Crippen LogP contribution >= 0.6 is 11.3 Å². The van der Waals surface area contributed by atoms with Crippen LogP contribution < -0.4 is 15.8 Å². The van der Waals surface area contributed by atoms with E-state index in [9.17, 15) is 0 Å². The molecule has 102 valence electrons. The van der Waals surface area contributed by atoms with Crippen LogP contribution in [0.5, 0.6) is 5.88 Å². The first kappa shape index (κ1) is 13.5. The van der Waals surface area contributed by atoms with Crippen LogP contribution in [0.4, 0.5) is 11.8 Å². The number of rotatable bonds is 4. The fraction of sp³-hybridized carbons (Fsp3) is 0.417. The molecule has 2 aromatic rings. The molecule has 0 fully saturated rings. The molecule has 0 spiro atoms. The minimum atomic E-state index is 0.102. The molecule has 2 aromatic heterocycles. The molecular weight excluding hydrogens is 262 g/mol. The summed E-state index contributed by atoms with van der Waals surface area (Å²) in [6.07, 6.45) is 0. The maximum atomic E-state index is 5.63. The van der Waals surface area contributed by atoms with Gasteiger partial charge in [0.2, 0.25) is 11.8 Å². The van der Waals surface area contributed by atoms with Crippen molar-refractivity contribution in [1.29, 1.82) is 0 Å². The van der Waals surface area contributed by atoms with E-state index in [0.717, 1.165) is 10.7 Å². The molecule has 0 saturated carbocycles. The first-order valence-electron chi connectivity index (χ1n) is 5.88. The Morgan fingerprint density at radius 1 is 1.32 bits per heavy atom. The highest BCUT2D eigenvalue weighted by molar-refractivity contribution is 7.11. The zero-order chi connectivity index (χ0) is 14.0. The van der Waals surface area contributed by atoms with Gasteiger partial charge in [0, 0.05) is 10.9 Å². The topological polar surface area (TPSA) is 86.0 Å². The van der Waals surface area contributed by atoms with Gasteiger partial charge >= 0.3 is 0 Å². The summed E-state index contributed by atoms with van der Waals surface area (Å²) in [5.74, 6) is 1.27. The molecule has 19 heavy (non-hydrogen) atoms. The average molecular weight is 279 g/mol. The van der Waals surface area contributed by atoms with Gasteiger partial charge in [-0.1, -0.05) is 0 Å². The molecule has 0 aliphatic rings. The number of anilines is 2. The number of nitrogens with one attached hydrogen (secondary N) is 1. The van der Waals surface area contributed by atoms with Crippen molar-refractivity contribution in [1.82, 2.24) is 15.0 Å². The highest BCUT2D eigenvalue weighted by Gasteiger charge is 2.14. The largest absolute Gasteiger partial charge is 0.481 e. The summed E-state index contributed by atoms with van der Waals surface area (Å²) in [4.78, 5) is 13.7. The number of nitrogens with zero attached hydrogens (tertiary/aromatic N) is 3. The van der Waals surface area contributed by atoms with E-state index in [0.29, 0.717) is 11.7 Å². The first-order valence-corrected chi connectivity index (χ1v) is 6.70. The van der Waals surface area contributed by atoms with Crippen molar-refractivity contribution in [3.8, 4) is 5.88 Å². The summed E-state index contributed by atoms with van der Waals surface area (Å²) in [7, 11) is 1.55. The fourth-order valence-corrected chi connectivity index (χ4v) is 2.79. The standard InChI is InChI=1S/C12H17N5OS/c1-6-11(19-8(3)14-6)7(2)15-9-5-10(18-4)17-12(13)16-9/h5,7H,1-4H3,(H3,13,15,16,17). The van der Waals surface area contributed by atoms with Crippen LogP contribution in [0.15, 0.2) is 6.07 Å². The molecule has 6 nitrogen and oxygen atoms in total. The van der Waals surface area contributed by atoms with Crippen molar-refractivity contribution in [2.75, 3.05) is 18.2 Å². The Morgan fingerprint density at radius 3 is 2.63 bits per heavy atom. The summed E-state index contributed by atoms with van der Waals surface area (Å²) >= 11 is 1.68. The Kier molecular flexibility index (Phi) is 3.84. The zero-order valence-corrected chi connectivity index (χ0v) is 12.2. The van der Waals surface area contributed by atoms with Crippen LogP contribution in [0.2, 0.25) is 0 Å². The number of hydrogen-bond acceptors (Lipinski definition) is 7. The van der Waals surface area contributed by atoms with E-state index in [1.165, 1.54) is 4.88 Å². The molecular formula is C12H17N5OS.